The SMILES string of the molecule is CCc1cccc(NC(=O)N2CCOCC2c2noc(-c3cnn(C)c3)n2)c1. The highest BCUT2D eigenvalue weighted by Gasteiger charge is 2.32. The third-order valence-corrected chi connectivity index (χ3v) is 4.67. The molecule has 4 rings (SSSR count). The highest BCUT2D eigenvalue weighted by Crippen LogP contribution is 2.26. The first-order valence-corrected chi connectivity index (χ1v) is 9.21. The fraction of sp³-hybridized carbons (Fsp3) is 0.368. The van der Waals surface area contributed by atoms with Crippen LogP contribution in [0.25, 0.3) is 11.5 Å². The third kappa shape index (κ3) is 3.74. The number of nitrogens with zero attached hydrogens (tertiary/aromatic N) is 5. The molecule has 1 saturated heterocycles. The van der Waals surface area contributed by atoms with Crippen molar-refractivity contribution in [3.8, 4) is 11.5 Å². The minimum atomic E-state index is -0.419. The zero-order valence-corrected chi connectivity index (χ0v) is 15.8. The van der Waals surface area contributed by atoms with Crippen molar-refractivity contribution in [2.75, 3.05) is 25.1 Å². The molecule has 1 atom stereocenters. The molecule has 0 spiro atoms. The lowest BCUT2D eigenvalue weighted by Gasteiger charge is -2.33. The number of hydrogen-bond donors (Lipinski definition) is 1. The first kappa shape index (κ1) is 18.2. The molecule has 28 heavy (non-hydrogen) atoms. The quantitative estimate of drug-likeness (QED) is 0.745. The Bertz CT molecular complexity index is 966. The maximum atomic E-state index is 12.9. The highest BCUT2D eigenvalue weighted by atomic mass is 16.5. The van der Waals surface area contributed by atoms with Crippen LogP contribution in [0, 0.1) is 0 Å². The molecule has 9 nitrogen and oxygen atoms in total. The van der Waals surface area contributed by atoms with E-state index >= 15 is 0 Å². The van der Waals surface area contributed by atoms with Crippen molar-refractivity contribution in [2.24, 2.45) is 7.05 Å². The van der Waals surface area contributed by atoms with Crippen molar-refractivity contribution < 1.29 is 14.1 Å². The van der Waals surface area contributed by atoms with Crippen molar-refractivity contribution in [1.29, 1.82) is 0 Å². The van der Waals surface area contributed by atoms with Gasteiger partial charge < -0.3 is 19.5 Å². The van der Waals surface area contributed by atoms with Gasteiger partial charge >= 0.3 is 6.03 Å². The molecule has 146 valence electrons. The Balaban J connectivity index is 1.52. The van der Waals surface area contributed by atoms with Gasteiger partial charge in [-0.05, 0) is 24.1 Å². The summed E-state index contributed by atoms with van der Waals surface area (Å²) >= 11 is 0. The molecule has 3 aromatic rings. The summed E-state index contributed by atoms with van der Waals surface area (Å²) in [6, 6.07) is 7.19. The molecule has 0 radical (unpaired) electrons. The molecule has 0 aliphatic carbocycles. The Hall–Kier alpha value is -3.20. The number of aryl methyl sites for hydroxylation is 2. The molecule has 2 aromatic heterocycles. The van der Waals surface area contributed by atoms with Gasteiger partial charge in [0.1, 0.15) is 6.04 Å². The van der Waals surface area contributed by atoms with Crippen LogP contribution in [0.3, 0.4) is 0 Å². The average molecular weight is 382 g/mol. The second-order valence-corrected chi connectivity index (χ2v) is 6.63. The van der Waals surface area contributed by atoms with Crippen LogP contribution in [-0.2, 0) is 18.2 Å². The van der Waals surface area contributed by atoms with Gasteiger partial charge in [-0.3, -0.25) is 4.68 Å². The topological polar surface area (TPSA) is 98.3 Å². The number of rotatable bonds is 4. The van der Waals surface area contributed by atoms with Crippen molar-refractivity contribution in [2.45, 2.75) is 19.4 Å². The molecule has 1 fully saturated rings. The van der Waals surface area contributed by atoms with Crippen molar-refractivity contribution in [3.05, 3.63) is 48.0 Å². The third-order valence-electron chi connectivity index (χ3n) is 4.67. The standard InChI is InChI=1S/C19H22N6O3/c1-3-13-5-4-6-15(9-13)21-19(26)25-7-8-27-12-16(25)17-22-18(28-23-17)14-10-20-24(2)11-14/h4-6,9-11,16H,3,7-8,12H2,1-2H3,(H,21,26). The summed E-state index contributed by atoms with van der Waals surface area (Å²) in [6.45, 7) is 3.30. The summed E-state index contributed by atoms with van der Waals surface area (Å²) in [5.74, 6) is 0.778. The molecular weight excluding hydrogens is 360 g/mol. The van der Waals surface area contributed by atoms with Gasteiger partial charge in [0.15, 0.2) is 5.82 Å². The molecule has 1 aliphatic rings. The van der Waals surface area contributed by atoms with Crippen LogP contribution in [0.1, 0.15) is 24.4 Å². The fourth-order valence-corrected chi connectivity index (χ4v) is 3.14. The van der Waals surface area contributed by atoms with Gasteiger partial charge in [0, 0.05) is 25.5 Å². The lowest BCUT2D eigenvalue weighted by molar-refractivity contribution is 0.0110. The minimum Gasteiger partial charge on any atom is -0.377 e. The summed E-state index contributed by atoms with van der Waals surface area (Å²) in [6.07, 6.45) is 4.35. The van der Waals surface area contributed by atoms with Gasteiger partial charge in [-0.25, -0.2) is 4.79 Å². The van der Waals surface area contributed by atoms with E-state index in [-0.39, 0.29) is 6.03 Å². The van der Waals surface area contributed by atoms with Crippen LogP contribution >= 0.6 is 0 Å². The van der Waals surface area contributed by atoms with Crippen molar-refractivity contribution >= 4 is 11.7 Å². The van der Waals surface area contributed by atoms with E-state index in [1.165, 1.54) is 0 Å². The van der Waals surface area contributed by atoms with Gasteiger partial charge in [-0.15, -0.1) is 0 Å². The average Bonchev–Trinajstić information content (AvgIpc) is 3.37. The van der Waals surface area contributed by atoms with E-state index in [0.29, 0.717) is 31.5 Å². The van der Waals surface area contributed by atoms with Gasteiger partial charge in [-0.1, -0.05) is 24.2 Å². The maximum absolute atomic E-state index is 12.9. The summed E-state index contributed by atoms with van der Waals surface area (Å²) in [5, 5.41) is 11.1. The van der Waals surface area contributed by atoms with E-state index in [1.807, 2.05) is 31.3 Å². The molecule has 1 N–H and O–H groups in total. The molecule has 0 saturated carbocycles. The number of ether oxygens (including phenoxy) is 1. The molecule has 1 unspecified atom stereocenters. The Kier molecular flexibility index (Phi) is 5.07. The first-order chi connectivity index (χ1) is 13.6. The number of benzene rings is 1. The second kappa shape index (κ2) is 7.81. The lowest BCUT2D eigenvalue weighted by atomic mass is 10.1. The summed E-state index contributed by atoms with van der Waals surface area (Å²) < 4.78 is 12.6. The van der Waals surface area contributed by atoms with Crippen LogP contribution in [0.4, 0.5) is 10.5 Å². The van der Waals surface area contributed by atoms with Crippen molar-refractivity contribution in [1.82, 2.24) is 24.8 Å². The van der Waals surface area contributed by atoms with Crippen LogP contribution in [0.5, 0.6) is 0 Å². The summed E-state index contributed by atoms with van der Waals surface area (Å²) in [5.41, 5.74) is 2.65. The van der Waals surface area contributed by atoms with E-state index in [9.17, 15) is 4.79 Å². The molecule has 1 aliphatic heterocycles. The van der Waals surface area contributed by atoms with E-state index in [2.05, 4.69) is 27.5 Å². The number of amides is 2. The van der Waals surface area contributed by atoms with E-state index < -0.39 is 6.04 Å². The van der Waals surface area contributed by atoms with Gasteiger partial charge in [0.25, 0.3) is 5.89 Å². The smallest absolute Gasteiger partial charge is 0.322 e. The van der Waals surface area contributed by atoms with Crippen molar-refractivity contribution in [3.63, 3.8) is 0 Å². The second-order valence-electron chi connectivity index (χ2n) is 6.63. The molecule has 1 aromatic carbocycles. The Morgan fingerprint density at radius 3 is 3.07 bits per heavy atom. The van der Waals surface area contributed by atoms with Crippen LogP contribution in [-0.4, -0.2) is 50.6 Å². The first-order valence-electron chi connectivity index (χ1n) is 9.21. The number of anilines is 1. The number of morpholine rings is 1. The van der Waals surface area contributed by atoms with Gasteiger partial charge in [0.2, 0.25) is 0 Å². The molecule has 3 heterocycles. The van der Waals surface area contributed by atoms with Crippen LogP contribution in [0.2, 0.25) is 0 Å². The Morgan fingerprint density at radius 1 is 1.39 bits per heavy atom. The Morgan fingerprint density at radius 2 is 2.29 bits per heavy atom. The van der Waals surface area contributed by atoms with Crippen LogP contribution < -0.4 is 5.32 Å². The number of urea groups is 1. The maximum Gasteiger partial charge on any atom is 0.322 e. The van der Waals surface area contributed by atoms with Gasteiger partial charge in [-0.2, -0.15) is 10.1 Å². The minimum absolute atomic E-state index is 0.214. The molecule has 2 amide bonds. The molecule has 9 heteroatoms. The molecular formula is C19H22N6O3. The highest BCUT2D eigenvalue weighted by molar-refractivity contribution is 5.89. The van der Waals surface area contributed by atoms with Crippen LogP contribution in [0.15, 0.2) is 41.2 Å². The number of carbonyl (C=O) groups is 1. The van der Waals surface area contributed by atoms with E-state index in [4.69, 9.17) is 9.26 Å². The summed E-state index contributed by atoms with van der Waals surface area (Å²) in [7, 11) is 1.81. The normalized spacial score (nSPS) is 16.9. The largest absolute Gasteiger partial charge is 0.377 e. The lowest BCUT2D eigenvalue weighted by Crippen LogP contribution is -2.45. The fourth-order valence-electron chi connectivity index (χ4n) is 3.14. The van der Waals surface area contributed by atoms with E-state index in [0.717, 1.165) is 23.2 Å². The predicted molar refractivity (Wildman–Crippen MR) is 102 cm³/mol. The summed E-state index contributed by atoms with van der Waals surface area (Å²) in [4.78, 5) is 19.0. The Labute approximate surface area is 162 Å². The van der Waals surface area contributed by atoms with Gasteiger partial charge in [0.05, 0.1) is 25.0 Å². The van der Waals surface area contributed by atoms with E-state index in [1.54, 1.807) is 22.0 Å². The number of carbonyl (C=O) groups excluding carboxylic acids is 1. The predicted octanol–water partition coefficient (Wildman–Crippen LogP) is 2.64. The number of hydrogen-bond acceptors (Lipinski definition) is 6. The zero-order valence-electron chi connectivity index (χ0n) is 15.8. The number of aromatic nitrogens is 4. The molecule has 0 bridgehead atoms. The number of nitrogens with one attached hydrogen (secondary N) is 1. The zero-order chi connectivity index (χ0) is 19.5. The monoisotopic (exact) mass is 382 g/mol.